The average Bonchev–Trinajstić information content (AvgIpc) is 2.40. The number of carbonyl (C=O) groups excluding carboxylic acids is 1. The van der Waals surface area contributed by atoms with Gasteiger partial charge in [-0.3, -0.25) is 4.79 Å². The van der Waals surface area contributed by atoms with Crippen molar-refractivity contribution in [3.8, 4) is 0 Å². The number of amides is 2. The van der Waals surface area contributed by atoms with Crippen molar-refractivity contribution in [2.75, 3.05) is 0 Å². The van der Waals surface area contributed by atoms with Gasteiger partial charge in [0.1, 0.15) is 5.82 Å². The van der Waals surface area contributed by atoms with E-state index in [1.54, 1.807) is 32.9 Å². The van der Waals surface area contributed by atoms with Gasteiger partial charge in [-0.15, -0.1) is 0 Å². The summed E-state index contributed by atoms with van der Waals surface area (Å²) in [7, 11) is 0. The fourth-order valence-electron chi connectivity index (χ4n) is 1.89. The molecule has 0 aromatic heterocycles. The Morgan fingerprint density at radius 2 is 2.00 bits per heavy atom. The third-order valence-corrected chi connectivity index (χ3v) is 3.29. The lowest BCUT2D eigenvalue weighted by Gasteiger charge is -2.19. The Morgan fingerprint density at radius 3 is 2.52 bits per heavy atom. The van der Waals surface area contributed by atoms with Crippen LogP contribution in [-0.4, -0.2) is 23.1 Å². The van der Waals surface area contributed by atoms with Gasteiger partial charge >= 0.3 is 12.0 Å². The first kappa shape index (κ1) is 16.9. The van der Waals surface area contributed by atoms with Crippen LogP contribution in [0.2, 0.25) is 0 Å². The minimum Gasteiger partial charge on any atom is -0.481 e. The molecule has 0 bridgehead atoms. The third-order valence-electron chi connectivity index (χ3n) is 3.29. The van der Waals surface area contributed by atoms with Gasteiger partial charge in [0.25, 0.3) is 0 Å². The summed E-state index contributed by atoms with van der Waals surface area (Å²) in [6.45, 7) is 5.20. The molecule has 5 nitrogen and oxygen atoms in total. The molecule has 2 unspecified atom stereocenters. The largest absolute Gasteiger partial charge is 0.481 e. The van der Waals surface area contributed by atoms with E-state index in [0.29, 0.717) is 17.5 Å². The minimum absolute atomic E-state index is 0.128. The Labute approximate surface area is 123 Å². The van der Waals surface area contributed by atoms with Crippen LogP contribution >= 0.6 is 0 Å². The number of rotatable bonds is 6. The summed E-state index contributed by atoms with van der Waals surface area (Å²) >= 11 is 0. The Bertz CT molecular complexity index is 520. The Morgan fingerprint density at radius 1 is 1.33 bits per heavy atom. The predicted octanol–water partition coefficient (Wildman–Crippen LogP) is 2.75. The van der Waals surface area contributed by atoms with E-state index >= 15 is 0 Å². The van der Waals surface area contributed by atoms with Crippen LogP contribution in [-0.2, 0) is 4.79 Å². The average molecular weight is 296 g/mol. The normalized spacial score (nSPS) is 13.3. The Kier molecular flexibility index (Phi) is 6.14. The number of aryl methyl sites for hydroxylation is 1. The predicted molar refractivity (Wildman–Crippen MR) is 77.6 cm³/mol. The number of hydrogen-bond acceptors (Lipinski definition) is 2. The Hall–Kier alpha value is -2.11. The van der Waals surface area contributed by atoms with Crippen LogP contribution in [0, 0.1) is 12.7 Å². The highest BCUT2D eigenvalue weighted by Gasteiger charge is 2.16. The smallest absolute Gasteiger partial charge is 0.315 e. The number of benzene rings is 1. The molecular weight excluding hydrogens is 275 g/mol. The molecule has 116 valence electrons. The molecule has 3 N–H and O–H groups in total. The molecule has 1 aromatic rings. The van der Waals surface area contributed by atoms with Gasteiger partial charge in [0.2, 0.25) is 0 Å². The van der Waals surface area contributed by atoms with Gasteiger partial charge in [-0.25, -0.2) is 9.18 Å². The number of carboxylic acids is 1. The van der Waals surface area contributed by atoms with Crippen LogP contribution in [0.4, 0.5) is 9.18 Å². The maximum absolute atomic E-state index is 13.5. The van der Waals surface area contributed by atoms with Gasteiger partial charge in [0.05, 0.1) is 12.5 Å². The number of hydrogen-bond donors (Lipinski definition) is 3. The highest BCUT2D eigenvalue weighted by molar-refractivity contribution is 5.76. The van der Waals surface area contributed by atoms with Crippen LogP contribution in [0.15, 0.2) is 18.2 Å². The lowest BCUT2D eigenvalue weighted by Crippen LogP contribution is -2.43. The topological polar surface area (TPSA) is 78.4 Å². The van der Waals surface area contributed by atoms with Crippen LogP contribution < -0.4 is 10.6 Å². The second-order valence-corrected chi connectivity index (χ2v) is 5.05. The van der Waals surface area contributed by atoms with E-state index in [0.717, 1.165) is 0 Å². The standard InChI is InChI=1S/C15H21FN2O3/c1-4-12(8-14(19)20)18-15(21)17-10(3)11-6-5-9(2)13(16)7-11/h5-7,10,12H,4,8H2,1-3H3,(H,19,20)(H2,17,18,21). The number of halogens is 1. The first-order valence-corrected chi connectivity index (χ1v) is 6.88. The van der Waals surface area contributed by atoms with Crippen molar-refractivity contribution < 1.29 is 19.1 Å². The van der Waals surface area contributed by atoms with Crippen molar-refractivity contribution in [3.05, 3.63) is 35.1 Å². The summed E-state index contributed by atoms with van der Waals surface area (Å²) in [6, 6.07) is 3.52. The van der Waals surface area contributed by atoms with Gasteiger partial charge in [-0.05, 0) is 37.5 Å². The summed E-state index contributed by atoms with van der Waals surface area (Å²) in [5.41, 5.74) is 1.20. The molecule has 6 heteroatoms. The van der Waals surface area contributed by atoms with Gasteiger partial charge < -0.3 is 15.7 Å². The molecule has 21 heavy (non-hydrogen) atoms. The van der Waals surface area contributed by atoms with E-state index in [-0.39, 0.29) is 18.3 Å². The van der Waals surface area contributed by atoms with E-state index in [9.17, 15) is 14.0 Å². The van der Waals surface area contributed by atoms with Gasteiger partial charge in [-0.2, -0.15) is 0 Å². The summed E-state index contributed by atoms with van der Waals surface area (Å²) in [5.74, 6) is -1.28. The summed E-state index contributed by atoms with van der Waals surface area (Å²) in [6.07, 6.45) is 0.394. The maximum Gasteiger partial charge on any atom is 0.315 e. The van der Waals surface area contributed by atoms with E-state index in [1.165, 1.54) is 6.07 Å². The summed E-state index contributed by atoms with van der Waals surface area (Å²) < 4.78 is 13.5. The zero-order valence-electron chi connectivity index (χ0n) is 12.4. The first-order chi connectivity index (χ1) is 9.83. The molecule has 0 aliphatic rings. The zero-order valence-corrected chi connectivity index (χ0v) is 12.4. The van der Waals surface area contributed by atoms with Crippen molar-refractivity contribution in [1.29, 1.82) is 0 Å². The molecular formula is C15H21FN2O3. The molecule has 0 saturated carbocycles. The third kappa shape index (κ3) is 5.41. The van der Waals surface area contributed by atoms with Crippen molar-refractivity contribution in [3.63, 3.8) is 0 Å². The van der Waals surface area contributed by atoms with E-state index < -0.39 is 18.0 Å². The number of aliphatic carboxylic acids is 1. The number of nitrogens with one attached hydrogen (secondary N) is 2. The van der Waals surface area contributed by atoms with Gasteiger partial charge in [-0.1, -0.05) is 19.1 Å². The number of carboxylic acid groups (broad SMARTS) is 1. The molecule has 0 aliphatic carbocycles. The van der Waals surface area contributed by atoms with Crippen LogP contribution in [0.3, 0.4) is 0 Å². The molecule has 0 fully saturated rings. The van der Waals surface area contributed by atoms with E-state index in [1.807, 2.05) is 0 Å². The van der Waals surface area contributed by atoms with Crippen molar-refractivity contribution in [2.24, 2.45) is 0 Å². The second-order valence-electron chi connectivity index (χ2n) is 5.05. The molecule has 0 spiro atoms. The quantitative estimate of drug-likeness (QED) is 0.755. The molecule has 0 saturated heterocycles. The summed E-state index contributed by atoms with van der Waals surface area (Å²) in [4.78, 5) is 22.5. The zero-order chi connectivity index (χ0) is 16.0. The fraction of sp³-hybridized carbons (Fsp3) is 0.467. The van der Waals surface area contributed by atoms with Crippen molar-refractivity contribution >= 4 is 12.0 Å². The van der Waals surface area contributed by atoms with Gasteiger partial charge in [0, 0.05) is 6.04 Å². The van der Waals surface area contributed by atoms with Crippen molar-refractivity contribution in [2.45, 2.75) is 45.7 Å². The molecule has 0 radical (unpaired) electrons. The lowest BCUT2D eigenvalue weighted by atomic mass is 10.1. The highest BCUT2D eigenvalue weighted by atomic mass is 19.1. The number of urea groups is 1. The molecule has 1 rings (SSSR count). The molecule has 2 atom stereocenters. The first-order valence-electron chi connectivity index (χ1n) is 6.88. The molecule has 0 aliphatic heterocycles. The molecule has 1 aromatic carbocycles. The van der Waals surface area contributed by atoms with Crippen molar-refractivity contribution in [1.82, 2.24) is 10.6 Å². The maximum atomic E-state index is 13.5. The Balaban J connectivity index is 2.60. The highest BCUT2D eigenvalue weighted by Crippen LogP contribution is 2.16. The van der Waals surface area contributed by atoms with Crippen LogP contribution in [0.25, 0.3) is 0 Å². The van der Waals surface area contributed by atoms with E-state index in [2.05, 4.69) is 10.6 Å². The summed E-state index contributed by atoms with van der Waals surface area (Å²) in [5, 5.41) is 14.0. The SMILES string of the molecule is CCC(CC(=O)O)NC(=O)NC(C)c1ccc(C)c(F)c1. The van der Waals surface area contributed by atoms with Crippen LogP contribution in [0.5, 0.6) is 0 Å². The van der Waals surface area contributed by atoms with Gasteiger partial charge in [0.15, 0.2) is 0 Å². The fourth-order valence-corrected chi connectivity index (χ4v) is 1.89. The lowest BCUT2D eigenvalue weighted by molar-refractivity contribution is -0.137. The molecule has 0 heterocycles. The monoisotopic (exact) mass is 296 g/mol. The number of carbonyl (C=O) groups is 2. The molecule has 2 amide bonds. The minimum atomic E-state index is -0.962. The second kappa shape index (κ2) is 7.61. The van der Waals surface area contributed by atoms with Crippen LogP contribution in [0.1, 0.15) is 43.9 Å². The van der Waals surface area contributed by atoms with E-state index in [4.69, 9.17) is 5.11 Å².